The maximum Gasteiger partial charge on any atom is 0.332 e. The highest BCUT2D eigenvalue weighted by Crippen LogP contribution is 2.28. The van der Waals surface area contributed by atoms with Crippen LogP contribution in [-0.2, 0) is 10.2 Å². The van der Waals surface area contributed by atoms with Gasteiger partial charge in [0.25, 0.3) is 6.43 Å². The summed E-state index contributed by atoms with van der Waals surface area (Å²) >= 11 is 0.515. The fraction of sp³-hybridized carbons (Fsp3) is 0.200. The molecule has 2 nitrogen and oxygen atoms in total. The molecule has 0 aliphatic heterocycles. The summed E-state index contributed by atoms with van der Waals surface area (Å²) in [6.07, 6.45) is -2.76. The van der Waals surface area contributed by atoms with E-state index >= 15 is 0 Å². The molecule has 0 aliphatic carbocycles. The molecule has 1 aromatic rings. The van der Waals surface area contributed by atoms with Crippen molar-refractivity contribution in [3.63, 3.8) is 0 Å². The number of thiophene rings is 1. The summed E-state index contributed by atoms with van der Waals surface area (Å²) in [6.45, 7) is 0. The Morgan fingerprint density at radius 1 is 1.42 bits per heavy atom. The lowest BCUT2D eigenvalue weighted by Gasteiger charge is -1.88. The predicted molar refractivity (Wildman–Crippen MR) is 37.6 cm³/mol. The first-order valence-electron chi connectivity index (χ1n) is 2.72. The number of halogens is 3. The fourth-order valence-corrected chi connectivity index (χ4v) is 2.14. The Kier molecular flexibility index (Phi) is 2.43. The quantitative estimate of drug-likeness (QED) is 0.711. The molecule has 1 aromatic heterocycles. The molecule has 0 bridgehead atoms. The molecule has 0 saturated heterocycles. The van der Waals surface area contributed by atoms with Crippen molar-refractivity contribution in [3.8, 4) is 0 Å². The van der Waals surface area contributed by atoms with Crippen LogP contribution in [0.25, 0.3) is 0 Å². The summed E-state index contributed by atoms with van der Waals surface area (Å²) in [5.74, 6) is 0. The fourth-order valence-electron chi connectivity index (χ4n) is 0.577. The summed E-state index contributed by atoms with van der Waals surface area (Å²) in [6, 6.07) is 0.630. The number of hydrogen-bond acceptors (Lipinski definition) is 3. The maximum absolute atomic E-state index is 12.1. The Labute approximate surface area is 70.9 Å². The van der Waals surface area contributed by atoms with Crippen molar-refractivity contribution in [2.45, 2.75) is 11.3 Å². The van der Waals surface area contributed by atoms with E-state index in [0.29, 0.717) is 17.4 Å². The van der Waals surface area contributed by atoms with E-state index in [1.54, 1.807) is 0 Å². The van der Waals surface area contributed by atoms with Gasteiger partial charge in [-0.15, -0.1) is 15.2 Å². The molecular formula is C5H3F3O2S2. The third-order valence-corrected chi connectivity index (χ3v) is 2.98. The molecule has 12 heavy (non-hydrogen) atoms. The van der Waals surface area contributed by atoms with Crippen molar-refractivity contribution in [3.05, 3.63) is 16.3 Å². The predicted octanol–water partition coefficient (Wildman–Crippen LogP) is 2.34. The van der Waals surface area contributed by atoms with Gasteiger partial charge in [-0.3, -0.25) is 0 Å². The Morgan fingerprint density at radius 2 is 2.00 bits per heavy atom. The third kappa shape index (κ3) is 1.98. The minimum absolute atomic E-state index is 0.453. The van der Waals surface area contributed by atoms with Gasteiger partial charge in [-0.2, -0.15) is 8.42 Å². The van der Waals surface area contributed by atoms with Gasteiger partial charge in [-0.05, 0) is 6.07 Å². The van der Waals surface area contributed by atoms with Gasteiger partial charge in [-0.25, -0.2) is 8.78 Å². The van der Waals surface area contributed by atoms with Gasteiger partial charge in [0.15, 0.2) is 0 Å². The van der Waals surface area contributed by atoms with Crippen LogP contribution in [0, 0.1) is 0 Å². The molecule has 0 aromatic carbocycles. The van der Waals surface area contributed by atoms with Gasteiger partial charge in [0, 0.05) is 5.38 Å². The van der Waals surface area contributed by atoms with Gasteiger partial charge < -0.3 is 0 Å². The summed E-state index contributed by atoms with van der Waals surface area (Å²) in [5, 5.41) is 0.844. The molecule has 0 spiro atoms. The van der Waals surface area contributed by atoms with Crippen LogP contribution < -0.4 is 0 Å². The third-order valence-electron chi connectivity index (χ3n) is 1.09. The van der Waals surface area contributed by atoms with Crippen LogP contribution in [-0.4, -0.2) is 8.42 Å². The largest absolute Gasteiger partial charge is 0.332 e. The van der Waals surface area contributed by atoms with Crippen molar-refractivity contribution in [1.82, 2.24) is 0 Å². The average molecular weight is 216 g/mol. The van der Waals surface area contributed by atoms with E-state index in [2.05, 4.69) is 0 Å². The first kappa shape index (κ1) is 9.53. The zero-order chi connectivity index (χ0) is 9.35. The van der Waals surface area contributed by atoms with Crippen LogP contribution in [0.1, 0.15) is 11.3 Å². The zero-order valence-electron chi connectivity index (χ0n) is 5.50. The molecule has 0 radical (unpaired) electrons. The molecule has 0 N–H and O–H groups in total. The molecule has 7 heteroatoms. The van der Waals surface area contributed by atoms with E-state index < -0.39 is 26.4 Å². The highest BCUT2D eigenvalue weighted by molar-refractivity contribution is 7.86. The molecular weight excluding hydrogens is 213 g/mol. The van der Waals surface area contributed by atoms with Crippen LogP contribution in [0.15, 0.2) is 16.3 Å². The number of rotatable bonds is 2. The Morgan fingerprint density at radius 3 is 2.25 bits per heavy atom. The van der Waals surface area contributed by atoms with Crippen molar-refractivity contribution >= 4 is 21.6 Å². The van der Waals surface area contributed by atoms with E-state index in [1.165, 1.54) is 0 Å². The lowest BCUT2D eigenvalue weighted by molar-refractivity contribution is 0.155. The lowest BCUT2D eigenvalue weighted by atomic mass is 10.5. The Bertz CT molecular complexity index is 368. The SMILES string of the molecule is O=S(=O)(F)c1csc(C(F)F)c1. The molecule has 68 valence electrons. The van der Waals surface area contributed by atoms with Gasteiger partial charge in [0.2, 0.25) is 0 Å². The summed E-state index contributed by atoms with van der Waals surface area (Å²) in [7, 11) is -4.84. The molecule has 0 aliphatic rings. The monoisotopic (exact) mass is 216 g/mol. The van der Waals surface area contributed by atoms with Gasteiger partial charge in [-0.1, -0.05) is 0 Å². The van der Waals surface area contributed by atoms with Crippen LogP contribution in [0.3, 0.4) is 0 Å². The van der Waals surface area contributed by atoms with Gasteiger partial charge >= 0.3 is 10.2 Å². The minimum Gasteiger partial charge on any atom is -0.204 e. The second-order valence-corrected chi connectivity index (χ2v) is 4.21. The number of alkyl halides is 2. The second-order valence-electron chi connectivity index (χ2n) is 1.92. The number of hydrogen-bond donors (Lipinski definition) is 0. The lowest BCUT2D eigenvalue weighted by Crippen LogP contribution is -1.87. The van der Waals surface area contributed by atoms with E-state index in [4.69, 9.17) is 0 Å². The highest BCUT2D eigenvalue weighted by atomic mass is 32.3. The van der Waals surface area contributed by atoms with Crippen LogP contribution >= 0.6 is 11.3 Å². The van der Waals surface area contributed by atoms with Crippen molar-refractivity contribution < 1.29 is 21.1 Å². The maximum atomic E-state index is 12.1. The molecule has 1 rings (SSSR count). The molecule has 0 atom stereocenters. The normalized spacial score (nSPS) is 12.3. The summed E-state index contributed by atoms with van der Waals surface area (Å²) < 4.78 is 56.2. The second kappa shape index (κ2) is 3.06. The first-order chi connectivity index (χ1) is 5.41. The van der Waals surface area contributed by atoms with Gasteiger partial charge in [0.05, 0.1) is 4.88 Å². The van der Waals surface area contributed by atoms with Crippen molar-refractivity contribution in [1.29, 1.82) is 0 Å². The zero-order valence-corrected chi connectivity index (χ0v) is 7.13. The van der Waals surface area contributed by atoms with Crippen molar-refractivity contribution in [2.75, 3.05) is 0 Å². The molecule has 1 heterocycles. The smallest absolute Gasteiger partial charge is 0.204 e. The molecule has 0 fully saturated rings. The van der Waals surface area contributed by atoms with E-state index in [1.807, 2.05) is 0 Å². The van der Waals surface area contributed by atoms with Crippen LogP contribution in [0.5, 0.6) is 0 Å². The van der Waals surface area contributed by atoms with E-state index in [9.17, 15) is 21.1 Å². The first-order valence-corrected chi connectivity index (χ1v) is 4.99. The Hall–Kier alpha value is -0.560. The summed E-state index contributed by atoms with van der Waals surface area (Å²) in [4.78, 5) is -1.16. The van der Waals surface area contributed by atoms with Crippen LogP contribution in [0.4, 0.5) is 12.7 Å². The standard InChI is InChI=1S/C5H3F3O2S2/c6-5(7)4-1-3(2-11-4)12(8,9)10/h1-2,5H. The van der Waals surface area contributed by atoms with E-state index in [0.717, 1.165) is 5.38 Å². The molecule has 0 unspecified atom stereocenters. The Balaban J connectivity index is 3.09. The van der Waals surface area contributed by atoms with E-state index in [-0.39, 0.29) is 0 Å². The minimum atomic E-state index is -4.84. The van der Waals surface area contributed by atoms with Crippen LogP contribution in [0.2, 0.25) is 0 Å². The average Bonchev–Trinajstić information content (AvgIpc) is 2.30. The van der Waals surface area contributed by atoms with Gasteiger partial charge in [0.1, 0.15) is 4.90 Å². The molecule has 0 amide bonds. The molecule has 0 saturated carbocycles. The highest BCUT2D eigenvalue weighted by Gasteiger charge is 2.17. The topological polar surface area (TPSA) is 34.1 Å². The summed E-state index contributed by atoms with van der Waals surface area (Å²) in [5.41, 5.74) is 0. The van der Waals surface area contributed by atoms with Crippen molar-refractivity contribution in [2.24, 2.45) is 0 Å².